The zero-order chi connectivity index (χ0) is 14.7. The molecule has 4 heteroatoms. The number of quaternary nitrogens is 1. The topological polar surface area (TPSA) is 33.5 Å². The van der Waals surface area contributed by atoms with Crippen LogP contribution in [0.4, 0.5) is 10.1 Å². The summed E-state index contributed by atoms with van der Waals surface area (Å²) < 4.78 is 13.5. The monoisotopic (exact) mass is 279 g/mol. The Morgan fingerprint density at radius 2 is 2.25 bits per heavy atom. The predicted molar refractivity (Wildman–Crippen MR) is 78.3 cm³/mol. The number of amides is 1. The summed E-state index contributed by atoms with van der Waals surface area (Å²) in [5.74, 6) is 0.359. The molecule has 2 N–H and O–H groups in total. The van der Waals surface area contributed by atoms with E-state index in [2.05, 4.69) is 12.2 Å². The first-order chi connectivity index (χ1) is 9.47. The van der Waals surface area contributed by atoms with Crippen molar-refractivity contribution in [1.29, 1.82) is 0 Å². The summed E-state index contributed by atoms with van der Waals surface area (Å²) in [6.07, 6.45) is 2.42. The van der Waals surface area contributed by atoms with Crippen molar-refractivity contribution in [3.8, 4) is 0 Å². The van der Waals surface area contributed by atoms with Gasteiger partial charge in [-0.3, -0.25) is 4.79 Å². The molecule has 20 heavy (non-hydrogen) atoms. The quantitative estimate of drug-likeness (QED) is 0.869. The Morgan fingerprint density at radius 1 is 1.50 bits per heavy atom. The Bertz CT molecular complexity index is 489. The number of likely N-dealkylation sites (tertiary alicyclic amines) is 1. The number of halogens is 1. The highest BCUT2D eigenvalue weighted by Gasteiger charge is 2.29. The fourth-order valence-corrected chi connectivity index (χ4v) is 2.83. The van der Waals surface area contributed by atoms with Crippen LogP contribution < -0.4 is 10.2 Å². The molecule has 1 aliphatic heterocycles. The van der Waals surface area contributed by atoms with E-state index in [-0.39, 0.29) is 17.8 Å². The Labute approximate surface area is 120 Å². The maximum absolute atomic E-state index is 13.5. The standard InChI is InChI=1S/C16H23FN2O/c1-11-5-4-8-19(10-11)13(3)16(20)18-14-7-6-12(2)15(17)9-14/h6-7,9,11,13H,4-5,8,10H2,1-3H3,(H,18,20)/p+1/t11-,13+/m0/s1. The Balaban J connectivity index is 1.98. The summed E-state index contributed by atoms with van der Waals surface area (Å²) in [5.41, 5.74) is 1.13. The van der Waals surface area contributed by atoms with Gasteiger partial charge < -0.3 is 10.2 Å². The Morgan fingerprint density at radius 3 is 2.90 bits per heavy atom. The van der Waals surface area contributed by atoms with Crippen molar-refractivity contribution in [3.63, 3.8) is 0 Å². The van der Waals surface area contributed by atoms with Crippen LogP contribution in [-0.2, 0) is 4.79 Å². The van der Waals surface area contributed by atoms with Crippen LogP contribution in [0.5, 0.6) is 0 Å². The van der Waals surface area contributed by atoms with Crippen molar-refractivity contribution < 1.29 is 14.1 Å². The molecule has 0 aliphatic carbocycles. The van der Waals surface area contributed by atoms with Gasteiger partial charge in [0.05, 0.1) is 13.1 Å². The summed E-state index contributed by atoms with van der Waals surface area (Å²) in [6, 6.07) is 4.72. The highest BCUT2D eigenvalue weighted by Crippen LogP contribution is 2.13. The summed E-state index contributed by atoms with van der Waals surface area (Å²) >= 11 is 0. The average Bonchev–Trinajstić information content (AvgIpc) is 2.42. The van der Waals surface area contributed by atoms with Gasteiger partial charge in [-0.25, -0.2) is 4.39 Å². The number of hydrogen-bond donors (Lipinski definition) is 2. The highest BCUT2D eigenvalue weighted by molar-refractivity contribution is 5.93. The SMILES string of the molecule is Cc1ccc(NC(=O)[C@@H](C)[NH+]2CCC[C@H](C)C2)cc1F. The summed E-state index contributed by atoms with van der Waals surface area (Å²) in [4.78, 5) is 13.6. The van der Waals surface area contributed by atoms with Gasteiger partial charge in [-0.15, -0.1) is 0 Å². The van der Waals surface area contributed by atoms with E-state index >= 15 is 0 Å². The Hall–Kier alpha value is -1.42. The molecule has 1 unspecified atom stereocenters. The van der Waals surface area contributed by atoms with Crippen molar-refractivity contribution in [3.05, 3.63) is 29.6 Å². The van der Waals surface area contributed by atoms with Crippen molar-refractivity contribution >= 4 is 11.6 Å². The zero-order valence-corrected chi connectivity index (χ0v) is 12.5. The second kappa shape index (κ2) is 6.35. The minimum Gasteiger partial charge on any atom is -0.325 e. The zero-order valence-electron chi connectivity index (χ0n) is 12.5. The van der Waals surface area contributed by atoms with E-state index in [9.17, 15) is 9.18 Å². The average molecular weight is 279 g/mol. The molecule has 1 amide bonds. The third-order valence-electron chi connectivity index (χ3n) is 4.25. The van der Waals surface area contributed by atoms with Crippen molar-refractivity contribution in [2.75, 3.05) is 18.4 Å². The van der Waals surface area contributed by atoms with Crippen LogP contribution in [0.25, 0.3) is 0 Å². The number of benzene rings is 1. The number of nitrogens with one attached hydrogen (secondary N) is 2. The molecule has 3 nitrogen and oxygen atoms in total. The van der Waals surface area contributed by atoms with Crippen LogP contribution in [0.15, 0.2) is 18.2 Å². The van der Waals surface area contributed by atoms with Crippen LogP contribution in [0.3, 0.4) is 0 Å². The molecule has 0 aromatic heterocycles. The molecule has 1 aromatic carbocycles. The molecule has 1 fully saturated rings. The molecular weight excluding hydrogens is 255 g/mol. The van der Waals surface area contributed by atoms with Gasteiger partial charge in [0.15, 0.2) is 6.04 Å². The second-order valence-electron chi connectivity index (χ2n) is 6.03. The van der Waals surface area contributed by atoms with E-state index in [0.29, 0.717) is 17.2 Å². The van der Waals surface area contributed by atoms with Gasteiger partial charge in [-0.1, -0.05) is 13.0 Å². The largest absolute Gasteiger partial charge is 0.325 e. The van der Waals surface area contributed by atoms with Crippen molar-refractivity contribution in [1.82, 2.24) is 0 Å². The molecular formula is C16H24FN2O+. The number of piperidine rings is 1. The molecule has 1 aliphatic rings. The lowest BCUT2D eigenvalue weighted by atomic mass is 9.99. The van der Waals surface area contributed by atoms with E-state index < -0.39 is 0 Å². The molecule has 1 saturated heterocycles. The van der Waals surface area contributed by atoms with Crippen LogP contribution in [0.1, 0.15) is 32.3 Å². The van der Waals surface area contributed by atoms with Crippen molar-refractivity contribution in [2.45, 2.75) is 39.7 Å². The molecule has 1 heterocycles. The summed E-state index contributed by atoms with van der Waals surface area (Å²) in [7, 11) is 0. The van der Waals surface area contributed by atoms with E-state index in [1.54, 1.807) is 19.1 Å². The first-order valence-corrected chi connectivity index (χ1v) is 7.39. The molecule has 110 valence electrons. The minimum absolute atomic E-state index is 0.0302. The number of rotatable bonds is 3. The van der Waals surface area contributed by atoms with E-state index in [1.165, 1.54) is 23.8 Å². The maximum atomic E-state index is 13.5. The predicted octanol–water partition coefficient (Wildman–Crippen LogP) is 1.78. The number of carbonyl (C=O) groups excluding carboxylic acids is 1. The normalized spacial score (nSPS) is 24.2. The molecule has 1 aromatic rings. The number of hydrogen-bond acceptors (Lipinski definition) is 1. The van der Waals surface area contributed by atoms with E-state index in [0.717, 1.165) is 13.1 Å². The lowest BCUT2D eigenvalue weighted by Crippen LogP contribution is -3.17. The number of aryl methyl sites for hydroxylation is 1. The maximum Gasteiger partial charge on any atom is 0.282 e. The molecule has 3 atom stereocenters. The smallest absolute Gasteiger partial charge is 0.282 e. The third-order valence-corrected chi connectivity index (χ3v) is 4.25. The third kappa shape index (κ3) is 3.57. The molecule has 0 bridgehead atoms. The minimum atomic E-state index is -0.283. The summed E-state index contributed by atoms with van der Waals surface area (Å²) in [6.45, 7) is 7.98. The van der Waals surface area contributed by atoms with Gasteiger partial charge >= 0.3 is 0 Å². The van der Waals surface area contributed by atoms with Gasteiger partial charge in [0.25, 0.3) is 5.91 Å². The van der Waals surface area contributed by atoms with Gasteiger partial charge in [0.2, 0.25) is 0 Å². The van der Waals surface area contributed by atoms with E-state index in [4.69, 9.17) is 0 Å². The lowest BCUT2D eigenvalue weighted by Gasteiger charge is -2.31. The van der Waals surface area contributed by atoms with Gasteiger partial charge in [-0.05, 0) is 44.4 Å². The molecule has 0 radical (unpaired) electrons. The van der Waals surface area contributed by atoms with Gasteiger partial charge in [0.1, 0.15) is 5.82 Å². The fraction of sp³-hybridized carbons (Fsp3) is 0.562. The first-order valence-electron chi connectivity index (χ1n) is 7.39. The van der Waals surface area contributed by atoms with Crippen LogP contribution in [0.2, 0.25) is 0 Å². The van der Waals surface area contributed by atoms with Gasteiger partial charge in [0, 0.05) is 11.6 Å². The van der Waals surface area contributed by atoms with Crippen LogP contribution >= 0.6 is 0 Å². The number of anilines is 1. The van der Waals surface area contributed by atoms with Crippen molar-refractivity contribution in [2.24, 2.45) is 5.92 Å². The fourth-order valence-electron chi connectivity index (χ4n) is 2.83. The Kier molecular flexibility index (Phi) is 4.76. The van der Waals surface area contributed by atoms with E-state index in [1.807, 2.05) is 6.92 Å². The summed E-state index contributed by atoms with van der Waals surface area (Å²) in [5, 5.41) is 2.82. The molecule has 0 saturated carbocycles. The lowest BCUT2D eigenvalue weighted by molar-refractivity contribution is -0.922. The van der Waals surface area contributed by atoms with Gasteiger partial charge in [-0.2, -0.15) is 0 Å². The van der Waals surface area contributed by atoms with Crippen LogP contribution in [-0.4, -0.2) is 25.0 Å². The highest BCUT2D eigenvalue weighted by atomic mass is 19.1. The van der Waals surface area contributed by atoms with Crippen LogP contribution in [0, 0.1) is 18.7 Å². The number of carbonyl (C=O) groups is 1. The first kappa shape index (κ1) is 15.0. The molecule has 0 spiro atoms. The second-order valence-corrected chi connectivity index (χ2v) is 6.03. The molecule has 2 rings (SSSR count).